The van der Waals surface area contributed by atoms with Crippen molar-refractivity contribution < 1.29 is 30.9 Å². The molecule has 0 unspecified atom stereocenters. The minimum absolute atomic E-state index is 0.131. The summed E-state index contributed by atoms with van der Waals surface area (Å²) in [5.41, 5.74) is -2.60. The van der Waals surface area contributed by atoms with Gasteiger partial charge in [0.2, 0.25) is 0 Å². The molecule has 4 nitrogen and oxygen atoms in total. The highest BCUT2D eigenvalue weighted by Crippen LogP contribution is 2.52. The second-order valence-corrected chi connectivity index (χ2v) is 15.3. The van der Waals surface area contributed by atoms with Gasteiger partial charge in [-0.25, -0.2) is 0 Å². The molecule has 2 aliphatic rings. The standard InChI is InChI=1S/C17H26O.C11H17F3O3S/c1-12-8-14(18)6-7-15(12)13-9-16(2,3)11-17(4,5)10-13;1-9(2)5-8(6-10(3,4)7-9)17-18(15,16)11(12,13)14/h6-8,13,18H,9-11H2,1-5H3;5H,6-7H2,1-4H3. The van der Waals surface area contributed by atoms with E-state index in [1.54, 1.807) is 0 Å². The van der Waals surface area contributed by atoms with Crippen molar-refractivity contribution in [3.8, 4) is 5.75 Å². The second kappa shape index (κ2) is 9.88. The smallest absolute Gasteiger partial charge is 0.508 e. The largest absolute Gasteiger partial charge is 0.534 e. The third-order valence-corrected chi connectivity index (χ3v) is 7.89. The van der Waals surface area contributed by atoms with Crippen molar-refractivity contribution in [3.05, 3.63) is 41.2 Å². The molecule has 2 aliphatic carbocycles. The fourth-order valence-electron chi connectivity index (χ4n) is 6.73. The average molecular weight is 533 g/mol. The molecular formula is C28H43F3O4S. The Morgan fingerprint density at radius 1 is 0.917 bits per heavy atom. The predicted octanol–water partition coefficient (Wildman–Crippen LogP) is 8.60. The predicted molar refractivity (Wildman–Crippen MR) is 138 cm³/mol. The number of phenolic OH excluding ortho intramolecular Hbond substituents is 1. The molecule has 0 spiro atoms. The fraction of sp³-hybridized carbons (Fsp3) is 0.714. The van der Waals surface area contributed by atoms with E-state index < -0.39 is 21.0 Å². The first-order chi connectivity index (χ1) is 15.9. The van der Waals surface area contributed by atoms with Crippen LogP contribution in [0.2, 0.25) is 0 Å². The maximum absolute atomic E-state index is 12.2. The van der Waals surface area contributed by atoms with E-state index >= 15 is 0 Å². The van der Waals surface area contributed by atoms with Gasteiger partial charge in [-0.3, -0.25) is 0 Å². The van der Waals surface area contributed by atoms with E-state index in [4.69, 9.17) is 0 Å². The first-order valence-electron chi connectivity index (χ1n) is 12.4. The number of allylic oxidation sites excluding steroid dienone is 2. The van der Waals surface area contributed by atoms with E-state index in [9.17, 15) is 26.7 Å². The molecule has 0 radical (unpaired) electrons. The fourth-order valence-corrected chi connectivity index (χ4v) is 7.21. The highest BCUT2D eigenvalue weighted by Gasteiger charge is 2.49. The summed E-state index contributed by atoms with van der Waals surface area (Å²) in [6, 6.07) is 5.84. The van der Waals surface area contributed by atoms with Gasteiger partial charge in [0, 0.05) is 6.42 Å². The van der Waals surface area contributed by atoms with E-state index in [2.05, 4.69) is 44.9 Å². The lowest BCUT2D eigenvalue weighted by Gasteiger charge is -2.45. The zero-order chi connectivity index (χ0) is 28.0. The maximum Gasteiger partial charge on any atom is 0.534 e. The highest BCUT2D eigenvalue weighted by atomic mass is 32.2. The van der Waals surface area contributed by atoms with Gasteiger partial charge >= 0.3 is 15.6 Å². The van der Waals surface area contributed by atoms with Crippen LogP contribution in [0.15, 0.2) is 30.0 Å². The van der Waals surface area contributed by atoms with Crippen molar-refractivity contribution >= 4 is 10.1 Å². The SMILES string of the molecule is CC1(C)C=C(OS(=O)(=O)C(F)(F)F)CC(C)(C)C1.Cc1cc(O)ccc1C1CC(C)(C)CC(C)(C)C1. The van der Waals surface area contributed by atoms with E-state index in [0.717, 1.165) is 6.42 Å². The molecule has 8 heteroatoms. The van der Waals surface area contributed by atoms with Crippen molar-refractivity contribution in [1.29, 1.82) is 0 Å². The van der Waals surface area contributed by atoms with Gasteiger partial charge in [-0.15, -0.1) is 0 Å². The number of aromatic hydroxyl groups is 1. The summed E-state index contributed by atoms with van der Waals surface area (Å²) in [5.74, 6) is 0.878. The molecule has 206 valence electrons. The molecule has 3 rings (SSSR count). The van der Waals surface area contributed by atoms with Crippen LogP contribution in [0.3, 0.4) is 0 Å². The molecule has 0 aromatic heterocycles. The zero-order valence-corrected chi connectivity index (χ0v) is 24.0. The minimum atomic E-state index is -5.57. The van der Waals surface area contributed by atoms with Crippen molar-refractivity contribution in [2.24, 2.45) is 21.7 Å². The zero-order valence-electron chi connectivity index (χ0n) is 23.1. The van der Waals surface area contributed by atoms with Crippen LogP contribution in [-0.2, 0) is 14.3 Å². The Hall–Kier alpha value is -1.70. The first-order valence-corrected chi connectivity index (χ1v) is 13.9. The monoisotopic (exact) mass is 532 g/mol. The van der Waals surface area contributed by atoms with Gasteiger partial charge in [0.15, 0.2) is 0 Å². The number of hydrogen-bond donors (Lipinski definition) is 1. The third kappa shape index (κ3) is 8.42. The van der Waals surface area contributed by atoms with Gasteiger partial charge in [-0.2, -0.15) is 21.6 Å². The topological polar surface area (TPSA) is 63.6 Å². The summed E-state index contributed by atoms with van der Waals surface area (Å²) in [7, 11) is -5.57. The normalized spacial score (nSPS) is 23.2. The van der Waals surface area contributed by atoms with Gasteiger partial charge in [0.05, 0.1) is 0 Å². The second-order valence-electron chi connectivity index (χ2n) is 13.8. The number of alkyl halides is 3. The number of phenols is 1. The van der Waals surface area contributed by atoms with E-state index in [0.29, 0.717) is 22.5 Å². The molecule has 0 aliphatic heterocycles. The van der Waals surface area contributed by atoms with Crippen LogP contribution in [0, 0.1) is 28.6 Å². The average Bonchev–Trinajstić information content (AvgIpc) is 2.54. The summed E-state index contributed by atoms with van der Waals surface area (Å²) in [5, 5.41) is 9.54. The van der Waals surface area contributed by atoms with Crippen LogP contribution in [0.25, 0.3) is 0 Å². The van der Waals surface area contributed by atoms with Gasteiger partial charge in [0.25, 0.3) is 0 Å². The van der Waals surface area contributed by atoms with E-state index in [-0.39, 0.29) is 17.6 Å². The quantitative estimate of drug-likeness (QED) is 0.313. The van der Waals surface area contributed by atoms with Gasteiger partial charge in [0.1, 0.15) is 11.5 Å². The van der Waals surface area contributed by atoms with Crippen LogP contribution >= 0.6 is 0 Å². The molecule has 1 aromatic rings. The van der Waals surface area contributed by atoms with E-state index in [1.165, 1.54) is 36.5 Å². The number of rotatable bonds is 3. The third-order valence-electron chi connectivity index (χ3n) is 6.89. The lowest BCUT2D eigenvalue weighted by molar-refractivity contribution is -0.0529. The molecule has 1 fully saturated rings. The van der Waals surface area contributed by atoms with Crippen LogP contribution in [0.5, 0.6) is 5.75 Å². The Morgan fingerprint density at radius 3 is 1.89 bits per heavy atom. The van der Waals surface area contributed by atoms with E-state index in [1.807, 2.05) is 39.8 Å². The van der Waals surface area contributed by atoms with Crippen LogP contribution in [0.1, 0.15) is 105 Å². The lowest BCUT2D eigenvalue weighted by atomic mass is 9.60. The Balaban J connectivity index is 0.000000254. The molecule has 0 saturated heterocycles. The minimum Gasteiger partial charge on any atom is -0.508 e. The molecule has 0 atom stereocenters. The maximum atomic E-state index is 12.2. The van der Waals surface area contributed by atoms with Crippen LogP contribution < -0.4 is 0 Å². The Bertz CT molecular complexity index is 1060. The number of aryl methyl sites for hydroxylation is 1. The molecule has 1 saturated carbocycles. The number of halogens is 3. The van der Waals surface area contributed by atoms with Crippen molar-refractivity contribution in [3.63, 3.8) is 0 Å². The molecule has 0 amide bonds. The van der Waals surface area contributed by atoms with Crippen molar-refractivity contribution in [2.45, 2.75) is 106 Å². The van der Waals surface area contributed by atoms with Gasteiger partial charge in [-0.1, -0.05) is 61.5 Å². The molecule has 1 aromatic carbocycles. The molecule has 1 N–H and O–H groups in total. The van der Waals surface area contributed by atoms with Gasteiger partial charge < -0.3 is 9.29 Å². The number of hydrogen-bond acceptors (Lipinski definition) is 4. The summed E-state index contributed by atoms with van der Waals surface area (Å²) in [6.45, 7) is 19.1. The Morgan fingerprint density at radius 2 is 1.44 bits per heavy atom. The summed E-state index contributed by atoms with van der Waals surface area (Å²) >= 11 is 0. The molecular weight excluding hydrogens is 489 g/mol. The number of benzene rings is 1. The van der Waals surface area contributed by atoms with Crippen molar-refractivity contribution in [2.75, 3.05) is 0 Å². The lowest BCUT2D eigenvalue weighted by Crippen LogP contribution is -2.33. The summed E-state index contributed by atoms with van der Waals surface area (Å²) in [6.07, 6.45) is 6.18. The highest BCUT2D eigenvalue weighted by molar-refractivity contribution is 7.87. The molecule has 36 heavy (non-hydrogen) atoms. The Kier molecular flexibility index (Phi) is 8.38. The van der Waals surface area contributed by atoms with Gasteiger partial charge in [-0.05, 0) is 89.5 Å². The Labute approximate surface area is 215 Å². The summed E-state index contributed by atoms with van der Waals surface area (Å²) in [4.78, 5) is 0. The summed E-state index contributed by atoms with van der Waals surface area (Å²) < 4.78 is 62.8. The van der Waals surface area contributed by atoms with Crippen molar-refractivity contribution in [1.82, 2.24) is 0 Å². The molecule has 0 heterocycles. The first kappa shape index (κ1) is 30.5. The van der Waals surface area contributed by atoms with Crippen LogP contribution in [0.4, 0.5) is 13.2 Å². The van der Waals surface area contributed by atoms with Crippen LogP contribution in [-0.4, -0.2) is 19.0 Å². The molecule has 0 bridgehead atoms.